The average Bonchev–Trinajstić information content (AvgIpc) is 3.06. The molecule has 0 aliphatic carbocycles. The highest BCUT2D eigenvalue weighted by atomic mass is 127. The molecule has 1 aromatic carbocycles. The Hall–Kier alpha value is -0.930. The second-order valence-electron chi connectivity index (χ2n) is 6.08. The summed E-state index contributed by atoms with van der Waals surface area (Å²) in [6, 6.07) is 5.31. The number of benzene rings is 1. The van der Waals surface area contributed by atoms with E-state index >= 15 is 0 Å². The van der Waals surface area contributed by atoms with E-state index in [2.05, 4.69) is 27.4 Å². The van der Waals surface area contributed by atoms with Crippen molar-refractivity contribution in [3.8, 4) is 0 Å². The number of halogens is 2. The zero-order chi connectivity index (χ0) is 17.4. The Labute approximate surface area is 167 Å². The van der Waals surface area contributed by atoms with Crippen LogP contribution in [0.3, 0.4) is 0 Å². The molecule has 0 aromatic heterocycles. The van der Waals surface area contributed by atoms with Crippen molar-refractivity contribution in [3.05, 3.63) is 35.1 Å². The van der Waals surface area contributed by atoms with Crippen LogP contribution in [0.2, 0.25) is 0 Å². The Morgan fingerprint density at radius 2 is 2.16 bits per heavy atom. The number of aliphatic hydroxyl groups is 1. The number of nitrogens with one attached hydrogen (secondary N) is 2. The summed E-state index contributed by atoms with van der Waals surface area (Å²) in [4.78, 5) is 7.06. The Morgan fingerprint density at radius 3 is 2.84 bits per heavy atom. The first-order valence-corrected chi connectivity index (χ1v) is 8.82. The SMILES string of the molecule is CCNC(=NCc1ccc(F)c(CO)c1)NCC1CCCN1CC.I. The number of aliphatic imine (C=N–C) groups is 1. The van der Waals surface area contributed by atoms with Crippen molar-refractivity contribution in [1.82, 2.24) is 15.5 Å². The standard InChI is InChI=1S/C18H29FN4O.HI/c1-3-20-18(22-12-16-6-5-9-23(16)4-2)21-11-14-7-8-17(19)15(10-14)13-24;/h7-8,10,16,24H,3-6,9,11-13H2,1-2H3,(H2,20,21,22);1H. The quantitative estimate of drug-likeness (QED) is 0.330. The average molecular weight is 464 g/mol. The number of likely N-dealkylation sites (N-methyl/N-ethyl adjacent to an activating group) is 1. The second-order valence-corrected chi connectivity index (χ2v) is 6.08. The first-order chi connectivity index (χ1) is 11.7. The minimum absolute atomic E-state index is 0. The van der Waals surface area contributed by atoms with Crippen molar-refractivity contribution >= 4 is 29.9 Å². The number of hydrogen-bond donors (Lipinski definition) is 3. The number of aliphatic hydroxyl groups excluding tert-OH is 1. The van der Waals surface area contributed by atoms with Crippen LogP contribution in [0.15, 0.2) is 23.2 Å². The van der Waals surface area contributed by atoms with Gasteiger partial charge in [0, 0.05) is 24.7 Å². The number of guanidine groups is 1. The van der Waals surface area contributed by atoms with Crippen molar-refractivity contribution in [2.45, 2.75) is 45.9 Å². The minimum atomic E-state index is -0.379. The van der Waals surface area contributed by atoms with Crippen LogP contribution in [-0.4, -0.2) is 48.2 Å². The maximum atomic E-state index is 13.4. The van der Waals surface area contributed by atoms with E-state index in [1.807, 2.05) is 6.92 Å². The largest absolute Gasteiger partial charge is 0.392 e. The van der Waals surface area contributed by atoms with Crippen LogP contribution < -0.4 is 10.6 Å². The third-order valence-corrected chi connectivity index (χ3v) is 4.45. The summed E-state index contributed by atoms with van der Waals surface area (Å²) in [5.41, 5.74) is 1.19. The van der Waals surface area contributed by atoms with Crippen molar-refractivity contribution in [2.24, 2.45) is 4.99 Å². The fourth-order valence-electron chi connectivity index (χ4n) is 3.12. The summed E-state index contributed by atoms with van der Waals surface area (Å²) >= 11 is 0. The van der Waals surface area contributed by atoms with Crippen molar-refractivity contribution in [3.63, 3.8) is 0 Å². The van der Waals surface area contributed by atoms with Gasteiger partial charge in [0.05, 0.1) is 13.2 Å². The maximum Gasteiger partial charge on any atom is 0.191 e. The first kappa shape index (κ1) is 22.1. The fourth-order valence-corrected chi connectivity index (χ4v) is 3.12. The van der Waals surface area contributed by atoms with Gasteiger partial charge in [0.2, 0.25) is 0 Å². The zero-order valence-corrected chi connectivity index (χ0v) is 17.4. The van der Waals surface area contributed by atoms with E-state index in [9.17, 15) is 4.39 Å². The molecule has 1 fully saturated rings. The molecule has 1 aliphatic rings. The van der Waals surface area contributed by atoms with Crippen molar-refractivity contribution < 1.29 is 9.50 Å². The van der Waals surface area contributed by atoms with Crippen LogP contribution in [0, 0.1) is 5.82 Å². The molecule has 1 unspecified atom stereocenters. The van der Waals surface area contributed by atoms with E-state index < -0.39 is 0 Å². The third kappa shape index (κ3) is 6.71. The minimum Gasteiger partial charge on any atom is -0.392 e. The number of nitrogens with zero attached hydrogens (tertiary/aromatic N) is 2. The zero-order valence-electron chi connectivity index (χ0n) is 15.1. The third-order valence-electron chi connectivity index (χ3n) is 4.45. The van der Waals surface area contributed by atoms with Crippen LogP contribution in [0.4, 0.5) is 4.39 Å². The lowest BCUT2D eigenvalue weighted by atomic mass is 10.1. The fraction of sp³-hybridized carbons (Fsp3) is 0.611. The summed E-state index contributed by atoms with van der Waals surface area (Å²) in [6.07, 6.45) is 2.48. The van der Waals surface area contributed by atoms with Crippen molar-refractivity contribution in [1.29, 1.82) is 0 Å². The summed E-state index contributed by atoms with van der Waals surface area (Å²) in [6.45, 7) is 8.32. The molecule has 0 radical (unpaired) electrons. The Balaban J connectivity index is 0.00000312. The highest BCUT2D eigenvalue weighted by Gasteiger charge is 2.22. The van der Waals surface area contributed by atoms with E-state index in [-0.39, 0.29) is 36.4 Å². The van der Waals surface area contributed by atoms with Gasteiger partial charge >= 0.3 is 0 Å². The monoisotopic (exact) mass is 464 g/mol. The summed E-state index contributed by atoms with van der Waals surface area (Å²) in [5, 5.41) is 15.8. The molecule has 25 heavy (non-hydrogen) atoms. The molecule has 142 valence electrons. The van der Waals surface area contributed by atoms with Crippen molar-refractivity contribution in [2.75, 3.05) is 26.2 Å². The topological polar surface area (TPSA) is 59.9 Å². The van der Waals surface area contributed by atoms with Gasteiger partial charge in [-0.15, -0.1) is 24.0 Å². The Morgan fingerprint density at radius 1 is 1.36 bits per heavy atom. The molecule has 5 nitrogen and oxygen atoms in total. The molecule has 7 heteroatoms. The molecular weight excluding hydrogens is 434 g/mol. The molecule has 1 atom stereocenters. The van der Waals surface area contributed by atoms with Gasteiger partial charge in [-0.2, -0.15) is 0 Å². The first-order valence-electron chi connectivity index (χ1n) is 8.82. The van der Waals surface area contributed by atoms with Gasteiger partial charge in [0.25, 0.3) is 0 Å². The van der Waals surface area contributed by atoms with Gasteiger partial charge < -0.3 is 15.7 Å². The lowest BCUT2D eigenvalue weighted by molar-refractivity contribution is 0.267. The Kier molecular flexibility index (Phi) is 10.3. The van der Waals surface area contributed by atoms with E-state index in [0.29, 0.717) is 18.2 Å². The van der Waals surface area contributed by atoms with Crippen LogP contribution in [0.5, 0.6) is 0 Å². The van der Waals surface area contributed by atoms with E-state index in [0.717, 1.165) is 31.2 Å². The molecule has 0 amide bonds. The highest BCUT2D eigenvalue weighted by Crippen LogP contribution is 2.15. The summed E-state index contributed by atoms with van der Waals surface area (Å²) in [5.74, 6) is 0.395. The second kappa shape index (κ2) is 11.6. The van der Waals surface area contributed by atoms with Crippen LogP contribution >= 0.6 is 24.0 Å². The molecule has 0 bridgehead atoms. The van der Waals surface area contributed by atoms with E-state index in [4.69, 9.17) is 5.11 Å². The summed E-state index contributed by atoms with van der Waals surface area (Å²) in [7, 11) is 0. The number of rotatable bonds is 7. The molecule has 3 N–H and O–H groups in total. The molecule has 0 saturated carbocycles. The Bertz CT molecular complexity index is 556. The molecule has 1 heterocycles. The molecule has 1 aromatic rings. The molecule has 0 spiro atoms. The molecule has 1 saturated heterocycles. The predicted octanol–water partition coefficient (Wildman–Crippen LogP) is 2.48. The number of likely N-dealkylation sites (tertiary alicyclic amines) is 1. The van der Waals surface area contributed by atoms with Gasteiger partial charge in [-0.25, -0.2) is 9.38 Å². The van der Waals surface area contributed by atoms with Gasteiger partial charge in [0.15, 0.2) is 5.96 Å². The molecule has 1 aliphatic heterocycles. The highest BCUT2D eigenvalue weighted by molar-refractivity contribution is 14.0. The van der Waals surface area contributed by atoms with Crippen LogP contribution in [0.25, 0.3) is 0 Å². The normalized spacial score (nSPS) is 18.1. The summed E-state index contributed by atoms with van der Waals surface area (Å²) < 4.78 is 13.4. The predicted molar refractivity (Wildman–Crippen MR) is 111 cm³/mol. The smallest absolute Gasteiger partial charge is 0.191 e. The van der Waals surface area contributed by atoms with Gasteiger partial charge in [0.1, 0.15) is 5.82 Å². The van der Waals surface area contributed by atoms with Crippen LogP contribution in [0.1, 0.15) is 37.8 Å². The van der Waals surface area contributed by atoms with Crippen LogP contribution in [-0.2, 0) is 13.2 Å². The van der Waals surface area contributed by atoms with Gasteiger partial charge in [-0.05, 0) is 50.6 Å². The molecular formula is C18H30FIN4O. The lowest BCUT2D eigenvalue weighted by Gasteiger charge is -2.24. The molecule has 2 rings (SSSR count). The van der Waals surface area contributed by atoms with Gasteiger partial charge in [-0.3, -0.25) is 4.90 Å². The lowest BCUT2D eigenvalue weighted by Crippen LogP contribution is -2.44. The number of hydrogen-bond acceptors (Lipinski definition) is 3. The van der Waals surface area contributed by atoms with Gasteiger partial charge in [-0.1, -0.05) is 13.0 Å². The van der Waals surface area contributed by atoms with E-state index in [1.54, 1.807) is 12.1 Å². The maximum absolute atomic E-state index is 13.4. The van der Waals surface area contributed by atoms with E-state index in [1.165, 1.54) is 25.5 Å².